The van der Waals surface area contributed by atoms with Crippen LogP contribution < -0.4 is 24.4 Å². The van der Waals surface area contributed by atoms with Crippen LogP contribution in [0.3, 0.4) is 0 Å². The summed E-state index contributed by atoms with van der Waals surface area (Å²) in [5, 5.41) is 38.7. The fraction of sp³-hybridized carbons (Fsp3) is 0.538. The summed E-state index contributed by atoms with van der Waals surface area (Å²) in [5.74, 6) is 0.789. The van der Waals surface area contributed by atoms with Crippen LogP contribution in [0.2, 0.25) is 0 Å². The van der Waals surface area contributed by atoms with Crippen molar-refractivity contribution < 1.29 is 48.9 Å². The van der Waals surface area contributed by atoms with E-state index in [9.17, 15) is 15.1 Å². The number of rotatable bonds is 13. The van der Waals surface area contributed by atoms with E-state index in [-0.39, 0.29) is 19.5 Å². The molecular formula is C26H42B2NO6Ru. The van der Waals surface area contributed by atoms with Crippen LogP contribution in [0.15, 0.2) is 48.5 Å². The van der Waals surface area contributed by atoms with Gasteiger partial charge in [0.25, 0.3) is 0 Å². The van der Waals surface area contributed by atoms with E-state index in [4.69, 9.17) is 5.02 Å². The number of para-hydroxylation sites is 2. The SMILES string of the molecule is CCCCN(CCCC)CCCC.Cc1ccccc1OB([O-])O.Cc1ccccc1OB([O-])[O-].[Ru+3]. The Bertz CT molecular complexity index is 700. The number of aryl methyl sites for hydroxylation is 2. The van der Waals surface area contributed by atoms with Gasteiger partial charge in [0.05, 0.1) is 5.75 Å². The van der Waals surface area contributed by atoms with Crippen LogP contribution >= 0.6 is 0 Å². The first-order valence-electron chi connectivity index (χ1n) is 12.6. The predicted octanol–water partition coefficient (Wildman–Crippen LogP) is 2.48. The van der Waals surface area contributed by atoms with E-state index in [0.717, 1.165) is 11.1 Å². The molecule has 0 unspecified atom stereocenters. The van der Waals surface area contributed by atoms with E-state index in [2.05, 4.69) is 35.0 Å². The molecule has 0 aliphatic carbocycles. The molecule has 0 aliphatic heterocycles. The molecule has 0 atom stereocenters. The van der Waals surface area contributed by atoms with Crippen LogP contribution in [0.4, 0.5) is 0 Å². The Balaban J connectivity index is 0. The molecule has 0 spiro atoms. The van der Waals surface area contributed by atoms with Gasteiger partial charge in [-0.3, -0.25) is 0 Å². The first-order valence-corrected chi connectivity index (χ1v) is 12.6. The summed E-state index contributed by atoms with van der Waals surface area (Å²) in [5.41, 5.74) is 1.63. The number of benzene rings is 2. The third-order valence-electron chi connectivity index (χ3n) is 5.12. The van der Waals surface area contributed by atoms with Crippen molar-refractivity contribution in [3.8, 4) is 11.5 Å². The summed E-state index contributed by atoms with van der Waals surface area (Å²) in [4.78, 5) is 2.64. The molecule has 0 heterocycles. The van der Waals surface area contributed by atoms with Gasteiger partial charge in [0, 0.05) is 0 Å². The van der Waals surface area contributed by atoms with Gasteiger partial charge in [-0.15, -0.1) is 0 Å². The fourth-order valence-corrected chi connectivity index (χ4v) is 3.07. The maximum Gasteiger partial charge on any atom is 3.00 e. The zero-order valence-electron chi connectivity index (χ0n) is 22.4. The molecule has 0 saturated heterocycles. The maximum atomic E-state index is 10.2. The van der Waals surface area contributed by atoms with E-state index in [1.54, 1.807) is 50.2 Å². The van der Waals surface area contributed by atoms with Crippen LogP contribution in [0, 0.1) is 13.8 Å². The Labute approximate surface area is 232 Å². The molecule has 1 N–H and O–H groups in total. The molecule has 1 radical (unpaired) electrons. The summed E-state index contributed by atoms with van der Waals surface area (Å²) < 4.78 is 8.98. The third kappa shape index (κ3) is 19.7. The summed E-state index contributed by atoms with van der Waals surface area (Å²) in [6.07, 6.45) is 8.09. The molecule has 36 heavy (non-hydrogen) atoms. The Morgan fingerprint density at radius 1 is 0.694 bits per heavy atom. The fourth-order valence-electron chi connectivity index (χ4n) is 3.07. The average Bonchev–Trinajstić information content (AvgIpc) is 2.82. The Morgan fingerprint density at radius 3 is 1.36 bits per heavy atom. The molecule has 10 heteroatoms. The van der Waals surface area contributed by atoms with Gasteiger partial charge in [0.2, 0.25) is 0 Å². The first-order chi connectivity index (χ1) is 16.7. The molecule has 0 fully saturated rings. The third-order valence-corrected chi connectivity index (χ3v) is 5.12. The van der Waals surface area contributed by atoms with Crippen molar-refractivity contribution in [2.45, 2.75) is 73.1 Å². The van der Waals surface area contributed by atoms with Crippen molar-refractivity contribution in [2.24, 2.45) is 0 Å². The van der Waals surface area contributed by atoms with Crippen LogP contribution in [-0.2, 0) is 19.5 Å². The van der Waals surface area contributed by atoms with Gasteiger partial charge in [-0.2, -0.15) is 0 Å². The Morgan fingerprint density at radius 2 is 1.06 bits per heavy atom. The van der Waals surface area contributed by atoms with Gasteiger partial charge in [-0.1, -0.05) is 76.4 Å². The zero-order chi connectivity index (χ0) is 26.5. The van der Waals surface area contributed by atoms with E-state index in [1.807, 2.05) is 12.1 Å². The average molecular weight is 587 g/mol. The zero-order valence-corrected chi connectivity index (χ0v) is 24.2. The molecule has 2 aromatic rings. The van der Waals surface area contributed by atoms with Crippen molar-refractivity contribution in [3.05, 3.63) is 59.7 Å². The Hall–Kier alpha value is -1.41. The molecule has 2 rings (SSSR count). The molecule has 2 aromatic carbocycles. The van der Waals surface area contributed by atoms with Crippen molar-refractivity contribution in [2.75, 3.05) is 19.6 Å². The second-order valence-electron chi connectivity index (χ2n) is 8.26. The maximum absolute atomic E-state index is 10.2. The van der Waals surface area contributed by atoms with Gasteiger partial charge in [-0.25, -0.2) is 0 Å². The number of hydrogen-bond acceptors (Lipinski definition) is 7. The van der Waals surface area contributed by atoms with Gasteiger partial charge in [0.1, 0.15) is 13.1 Å². The second kappa shape index (κ2) is 24.0. The van der Waals surface area contributed by atoms with Gasteiger partial charge >= 0.3 is 26.8 Å². The molecule has 0 amide bonds. The van der Waals surface area contributed by atoms with E-state index in [1.165, 1.54) is 58.2 Å². The van der Waals surface area contributed by atoms with E-state index >= 15 is 0 Å². The smallest absolute Gasteiger partial charge is 0.860 e. The first kappa shape index (κ1) is 36.7. The van der Waals surface area contributed by atoms with Crippen LogP contribution in [-0.4, -0.2) is 44.2 Å². The molecule has 0 saturated carbocycles. The molecule has 0 aromatic heterocycles. The van der Waals surface area contributed by atoms with Crippen LogP contribution in [0.5, 0.6) is 11.5 Å². The summed E-state index contributed by atoms with van der Waals surface area (Å²) in [6, 6.07) is 13.9. The van der Waals surface area contributed by atoms with Crippen molar-refractivity contribution in [3.63, 3.8) is 0 Å². The minimum Gasteiger partial charge on any atom is -0.860 e. The van der Waals surface area contributed by atoms with Crippen LogP contribution in [0.25, 0.3) is 0 Å². The van der Waals surface area contributed by atoms with Crippen molar-refractivity contribution in [1.29, 1.82) is 0 Å². The second-order valence-corrected chi connectivity index (χ2v) is 8.26. The normalized spacial score (nSPS) is 9.72. The molecular weight excluding hydrogens is 545 g/mol. The van der Waals surface area contributed by atoms with Crippen molar-refractivity contribution in [1.82, 2.24) is 4.90 Å². The van der Waals surface area contributed by atoms with Gasteiger partial charge < -0.3 is 34.3 Å². The number of hydrogen-bond donors (Lipinski definition) is 1. The summed E-state index contributed by atoms with van der Waals surface area (Å²) in [7, 11) is -4.23. The minimum absolute atomic E-state index is 0. The van der Waals surface area contributed by atoms with E-state index in [0.29, 0.717) is 11.5 Å². The van der Waals surface area contributed by atoms with Gasteiger partial charge in [0.15, 0.2) is 0 Å². The van der Waals surface area contributed by atoms with Crippen LogP contribution in [0.1, 0.15) is 70.4 Å². The Kier molecular flexibility index (Phi) is 24.5. The monoisotopic (exact) mass is 588 g/mol. The molecule has 0 bridgehead atoms. The quantitative estimate of drug-likeness (QED) is 0.359. The summed E-state index contributed by atoms with van der Waals surface area (Å²) in [6.45, 7) is 14.4. The topological polar surface area (TPSA) is 111 Å². The standard InChI is InChI=1S/C12H27N.C7H8BO3.C7H7BO3.Ru/c1-4-7-10-13(11-8-5-2)12-9-6-3;2*1-6-4-2-3-5-7(6)11-8(9)10;/h4-12H2,1-3H3;2-5,9H,1H3;2-5H,1H3;/q;-1;-2;+3. The number of nitrogens with zero attached hydrogens (tertiary/aromatic N) is 1. The summed E-state index contributed by atoms with van der Waals surface area (Å²) >= 11 is 0. The number of unbranched alkanes of at least 4 members (excludes halogenated alkanes) is 3. The molecule has 201 valence electrons. The van der Waals surface area contributed by atoms with Gasteiger partial charge in [-0.05, 0) is 76.0 Å². The largest absolute Gasteiger partial charge is 3.00 e. The minimum atomic E-state index is -2.24. The molecule has 0 aliphatic rings. The van der Waals surface area contributed by atoms with E-state index < -0.39 is 14.6 Å². The van der Waals surface area contributed by atoms with Crippen molar-refractivity contribution >= 4 is 14.6 Å². The molecule has 7 nitrogen and oxygen atoms in total. The predicted molar refractivity (Wildman–Crippen MR) is 139 cm³/mol.